The lowest BCUT2D eigenvalue weighted by molar-refractivity contribution is 0.326. The van der Waals surface area contributed by atoms with Gasteiger partial charge in [0.1, 0.15) is 12.1 Å². The Morgan fingerprint density at radius 2 is 1.92 bits per heavy atom. The van der Waals surface area contributed by atoms with Gasteiger partial charge in [-0.3, -0.25) is 4.90 Å². The van der Waals surface area contributed by atoms with Gasteiger partial charge in [-0.05, 0) is 35.7 Å². The second-order valence-corrected chi connectivity index (χ2v) is 6.99. The van der Waals surface area contributed by atoms with Gasteiger partial charge in [-0.15, -0.1) is 0 Å². The molecule has 1 fully saturated rings. The van der Waals surface area contributed by atoms with Crippen LogP contribution in [-0.2, 0) is 6.54 Å². The van der Waals surface area contributed by atoms with Crippen molar-refractivity contribution in [2.45, 2.75) is 25.9 Å². The van der Waals surface area contributed by atoms with Gasteiger partial charge < -0.3 is 4.90 Å². The van der Waals surface area contributed by atoms with E-state index in [1.165, 1.54) is 22.8 Å². The maximum Gasteiger partial charge on any atom is 0.132 e. The fourth-order valence-electron chi connectivity index (χ4n) is 3.69. The molecule has 2 heterocycles. The highest BCUT2D eigenvalue weighted by Gasteiger charge is 2.26. The Labute approximate surface area is 149 Å². The number of aryl methyl sites for hydroxylation is 1. The number of anilines is 1. The van der Waals surface area contributed by atoms with Gasteiger partial charge in [0.25, 0.3) is 0 Å². The van der Waals surface area contributed by atoms with Gasteiger partial charge in [0, 0.05) is 44.5 Å². The van der Waals surface area contributed by atoms with Gasteiger partial charge in [-0.1, -0.05) is 36.4 Å². The molecule has 0 bridgehead atoms. The summed E-state index contributed by atoms with van der Waals surface area (Å²) in [6.07, 6.45) is 2.83. The molecule has 3 aromatic rings. The summed E-state index contributed by atoms with van der Waals surface area (Å²) in [6.45, 7) is 5.23. The van der Waals surface area contributed by atoms with Crippen molar-refractivity contribution in [3.8, 4) is 0 Å². The van der Waals surface area contributed by atoms with Gasteiger partial charge in [0.05, 0.1) is 0 Å². The van der Waals surface area contributed by atoms with E-state index in [-0.39, 0.29) is 0 Å². The molecule has 4 heteroatoms. The summed E-state index contributed by atoms with van der Waals surface area (Å²) in [5.41, 5.74) is 2.41. The van der Waals surface area contributed by atoms with Crippen LogP contribution in [0, 0.1) is 6.92 Å². The van der Waals surface area contributed by atoms with E-state index in [1.807, 2.05) is 6.92 Å². The van der Waals surface area contributed by atoms with Crippen LogP contribution in [0.1, 0.15) is 17.7 Å². The monoisotopic (exact) mass is 332 g/mol. The lowest BCUT2D eigenvalue weighted by atomic mass is 10.1. The third-order valence-electron chi connectivity index (χ3n) is 5.17. The molecule has 0 N–H and O–H groups in total. The lowest BCUT2D eigenvalue weighted by Crippen LogP contribution is -2.35. The van der Waals surface area contributed by atoms with Crippen LogP contribution in [-0.4, -0.2) is 41.0 Å². The van der Waals surface area contributed by atoms with Crippen LogP contribution in [0.3, 0.4) is 0 Å². The Morgan fingerprint density at radius 3 is 2.76 bits per heavy atom. The maximum absolute atomic E-state index is 4.42. The second-order valence-electron chi connectivity index (χ2n) is 6.99. The van der Waals surface area contributed by atoms with Crippen molar-refractivity contribution in [2.75, 3.05) is 25.0 Å². The third kappa shape index (κ3) is 3.49. The Balaban J connectivity index is 1.43. The molecule has 4 nitrogen and oxygen atoms in total. The van der Waals surface area contributed by atoms with Crippen LogP contribution in [0.25, 0.3) is 10.8 Å². The van der Waals surface area contributed by atoms with Gasteiger partial charge in [0.15, 0.2) is 0 Å². The number of rotatable bonds is 4. The Hall–Kier alpha value is -2.46. The van der Waals surface area contributed by atoms with Gasteiger partial charge in [-0.2, -0.15) is 0 Å². The molecule has 1 aliphatic rings. The van der Waals surface area contributed by atoms with Gasteiger partial charge >= 0.3 is 0 Å². The number of hydrogen-bond donors (Lipinski definition) is 0. The first kappa shape index (κ1) is 16.0. The predicted octanol–water partition coefficient (Wildman–Crippen LogP) is 3.65. The third-order valence-corrected chi connectivity index (χ3v) is 5.17. The summed E-state index contributed by atoms with van der Waals surface area (Å²) in [6, 6.07) is 17.9. The topological polar surface area (TPSA) is 32.3 Å². The standard InChI is InChI=1S/C21H24N4/c1-16-11-21(23-15-22-16)24(2)20-9-10-25(14-20)13-17-7-8-18-5-3-4-6-19(18)12-17/h3-8,11-12,15,20H,9-10,13-14H2,1-2H3. The SMILES string of the molecule is Cc1cc(N(C)C2CCN(Cc3ccc4ccccc4c3)C2)ncn1. The van der Waals surface area contributed by atoms with E-state index in [9.17, 15) is 0 Å². The van der Waals surface area contributed by atoms with E-state index in [4.69, 9.17) is 0 Å². The molecule has 4 rings (SSSR count). The van der Waals surface area contributed by atoms with Crippen LogP contribution in [0.2, 0.25) is 0 Å². The molecule has 128 valence electrons. The molecule has 0 saturated carbocycles. The van der Waals surface area contributed by atoms with E-state index in [0.717, 1.165) is 31.1 Å². The molecule has 0 amide bonds. The number of benzene rings is 2. The average Bonchev–Trinajstić information content (AvgIpc) is 3.09. The van der Waals surface area contributed by atoms with Crippen molar-refractivity contribution in [3.05, 3.63) is 66.1 Å². The number of fused-ring (bicyclic) bond motifs is 1. The van der Waals surface area contributed by atoms with E-state index in [1.54, 1.807) is 6.33 Å². The van der Waals surface area contributed by atoms with E-state index < -0.39 is 0 Å². The molecular weight excluding hydrogens is 308 g/mol. The Kier molecular flexibility index (Phi) is 4.36. The number of nitrogens with zero attached hydrogens (tertiary/aromatic N) is 4. The molecule has 25 heavy (non-hydrogen) atoms. The summed E-state index contributed by atoms with van der Waals surface area (Å²) in [7, 11) is 2.14. The number of likely N-dealkylation sites (tertiary alicyclic amines) is 1. The molecule has 1 unspecified atom stereocenters. The number of aromatic nitrogens is 2. The molecule has 1 atom stereocenters. The first-order chi connectivity index (χ1) is 12.2. The maximum atomic E-state index is 4.42. The lowest BCUT2D eigenvalue weighted by Gasteiger charge is -2.26. The minimum absolute atomic E-state index is 0.509. The summed E-state index contributed by atoms with van der Waals surface area (Å²) >= 11 is 0. The first-order valence-corrected chi connectivity index (χ1v) is 8.90. The van der Waals surface area contributed by atoms with Gasteiger partial charge in [0.2, 0.25) is 0 Å². The second kappa shape index (κ2) is 6.81. The number of likely N-dealkylation sites (N-methyl/N-ethyl adjacent to an activating group) is 1. The van der Waals surface area contributed by atoms with Gasteiger partial charge in [-0.25, -0.2) is 9.97 Å². The zero-order valence-corrected chi connectivity index (χ0v) is 14.9. The van der Waals surface area contributed by atoms with Crippen LogP contribution in [0.15, 0.2) is 54.9 Å². The fourth-order valence-corrected chi connectivity index (χ4v) is 3.69. The molecular formula is C21H24N4. The Morgan fingerprint density at radius 1 is 1.08 bits per heavy atom. The average molecular weight is 332 g/mol. The minimum atomic E-state index is 0.509. The predicted molar refractivity (Wildman–Crippen MR) is 103 cm³/mol. The van der Waals surface area contributed by atoms with Crippen molar-refractivity contribution in [1.29, 1.82) is 0 Å². The highest BCUT2D eigenvalue weighted by Crippen LogP contribution is 2.23. The summed E-state index contributed by atoms with van der Waals surface area (Å²) < 4.78 is 0. The van der Waals surface area contributed by atoms with Crippen molar-refractivity contribution >= 4 is 16.6 Å². The molecule has 0 spiro atoms. The van der Waals surface area contributed by atoms with Crippen LogP contribution < -0.4 is 4.90 Å². The van der Waals surface area contributed by atoms with Crippen molar-refractivity contribution in [2.24, 2.45) is 0 Å². The highest BCUT2D eigenvalue weighted by molar-refractivity contribution is 5.82. The quantitative estimate of drug-likeness (QED) is 0.730. The summed E-state index contributed by atoms with van der Waals surface area (Å²) in [5, 5.41) is 2.63. The fraction of sp³-hybridized carbons (Fsp3) is 0.333. The van der Waals surface area contributed by atoms with Crippen molar-refractivity contribution < 1.29 is 0 Å². The Bertz CT molecular complexity index is 876. The zero-order chi connectivity index (χ0) is 17.2. The minimum Gasteiger partial charge on any atom is -0.355 e. The molecule has 1 aliphatic heterocycles. The van der Waals surface area contributed by atoms with E-state index >= 15 is 0 Å². The molecule has 1 aromatic heterocycles. The zero-order valence-electron chi connectivity index (χ0n) is 14.9. The molecule has 2 aromatic carbocycles. The number of hydrogen-bond acceptors (Lipinski definition) is 4. The normalized spacial score (nSPS) is 17.9. The molecule has 0 aliphatic carbocycles. The van der Waals surface area contributed by atoms with Crippen molar-refractivity contribution in [3.63, 3.8) is 0 Å². The molecule has 0 radical (unpaired) electrons. The van der Waals surface area contributed by atoms with Crippen LogP contribution >= 0.6 is 0 Å². The van der Waals surface area contributed by atoms with Crippen LogP contribution in [0.4, 0.5) is 5.82 Å². The molecule has 1 saturated heterocycles. The van der Waals surface area contributed by atoms with Crippen LogP contribution in [0.5, 0.6) is 0 Å². The van der Waals surface area contributed by atoms with Crippen molar-refractivity contribution in [1.82, 2.24) is 14.9 Å². The van der Waals surface area contributed by atoms with E-state index in [0.29, 0.717) is 6.04 Å². The smallest absolute Gasteiger partial charge is 0.132 e. The highest BCUT2D eigenvalue weighted by atomic mass is 15.3. The first-order valence-electron chi connectivity index (χ1n) is 8.90. The summed E-state index contributed by atoms with van der Waals surface area (Å²) in [5.74, 6) is 1.02. The summed E-state index contributed by atoms with van der Waals surface area (Å²) in [4.78, 5) is 13.5. The van der Waals surface area contributed by atoms with E-state index in [2.05, 4.69) is 75.3 Å². The largest absolute Gasteiger partial charge is 0.355 e.